The summed E-state index contributed by atoms with van der Waals surface area (Å²) in [5.74, 6) is 0.339. The largest absolute Gasteiger partial charge is 0.424 e. The highest BCUT2D eigenvalue weighted by molar-refractivity contribution is 6.33. The summed E-state index contributed by atoms with van der Waals surface area (Å²) in [5, 5.41) is 3.36. The lowest BCUT2D eigenvalue weighted by Crippen LogP contribution is -2.41. The van der Waals surface area contributed by atoms with Crippen LogP contribution >= 0.6 is 11.6 Å². The number of aromatic amines is 1. The summed E-state index contributed by atoms with van der Waals surface area (Å²) in [7, 11) is 1.59. The average Bonchev–Trinajstić information content (AvgIpc) is 3.34. The number of amides is 1. The fourth-order valence-electron chi connectivity index (χ4n) is 4.32. The molecule has 1 aromatic carbocycles. The Morgan fingerprint density at radius 1 is 1.15 bits per heavy atom. The standard InChI is InChI=1S/C28H31ClN6O4/c1-28(2,26(36)30-10-13-37-3)23-9-8-20(17-31-23)39-27-32-22-16-21(29)24(33-25(22)34-27)18-4-6-19(7-5-18)35-11-14-38-15-12-35/h4-9,16-17H,10-15H2,1-3H3,(H,30,36)(H,32,33,34). The van der Waals surface area contributed by atoms with Crippen molar-refractivity contribution in [1.29, 1.82) is 0 Å². The molecule has 1 aliphatic heterocycles. The Morgan fingerprint density at radius 2 is 1.92 bits per heavy atom. The number of carbonyl (C=O) groups excluding carboxylic acids is 1. The Kier molecular flexibility index (Phi) is 7.97. The van der Waals surface area contributed by atoms with Gasteiger partial charge in [0.25, 0.3) is 0 Å². The zero-order valence-electron chi connectivity index (χ0n) is 22.2. The molecule has 0 radical (unpaired) electrons. The second-order valence-electron chi connectivity index (χ2n) is 9.73. The van der Waals surface area contributed by atoms with Crippen molar-refractivity contribution in [1.82, 2.24) is 25.3 Å². The Labute approximate surface area is 231 Å². The number of hydrogen-bond donors (Lipinski definition) is 2. The highest BCUT2D eigenvalue weighted by atomic mass is 35.5. The molecule has 1 fully saturated rings. The van der Waals surface area contributed by atoms with Gasteiger partial charge in [0.05, 0.1) is 53.4 Å². The van der Waals surface area contributed by atoms with Crippen LogP contribution in [0.4, 0.5) is 5.69 Å². The smallest absolute Gasteiger partial charge is 0.301 e. The number of pyridine rings is 2. The summed E-state index contributed by atoms with van der Waals surface area (Å²) in [6.45, 7) is 7.75. The molecule has 4 heterocycles. The van der Waals surface area contributed by atoms with E-state index in [1.165, 1.54) is 0 Å². The van der Waals surface area contributed by atoms with Gasteiger partial charge >= 0.3 is 6.01 Å². The maximum atomic E-state index is 12.6. The minimum atomic E-state index is -0.816. The number of carbonyl (C=O) groups is 1. The van der Waals surface area contributed by atoms with Crippen LogP contribution in [0.25, 0.3) is 22.4 Å². The maximum Gasteiger partial charge on any atom is 0.301 e. The van der Waals surface area contributed by atoms with Gasteiger partial charge in [0.1, 0.15) is 5.75 Å². The highest BCUT2D eigenvalue weighted by Crippen LogP contribution is 2.32. The number of benzene rings is 1. The van der Waals surface area contributed by atoms with Gasteiger partial charge in [-0.25, -0.2) is 4.98 Å². The molecule has 5 rings (SSSR count). The topological polar surface area (TPSA) is 114 Å². The lowest BCUT2D eigenvalue weighted by atomic mass is 9.87. The van der Waals surface area contributed by atoms with Crippen LogP contribution in [0.15, 0.2) is 48.7 Å². The van der Waals surface area contributed by atoms with E-state index in [4.69, 9.17) is 25.8 Å². The van der Waals surface area contributed by atoms with Crippen molar-refractivity contribution in [3.05, 3.63) is 59.4 Å². The van der Waals surface area contributed by atoms with Crippen molar-refractivity contribution >= 4 is 34.4 Å². The van der Waals surface area contributed by atoms with Gasteiger partial charge in [-0.3, -0.25) is 9.78 Å². The SMILES string of the molecule is COCCNC(=O)C(C)(C)c1ccc(Oc2nc3nc(-c4ccc(N5CCOCC5)cc4)c(Cl)cc3[nH]2)cn1. The Bertz CT molecular complexity index is 1430. The number of methoxy groups -OCH3 is 1. The molecule has 11 heteroatoms. The van der Waals surface area contributed by atoms with Crippen molar-refractivity contribution < 1.29 is 19.0 Å². The van der Waals surface area contributed by atoms with Crippen LogP contribution in [0.2, 0.25) is 5.02 Å². The van der Waals surface area contributed by atoms with Crippen LogP contribution in [-0.4, -0.2) is 72.4 Å². The molecule has 10 nitrogen and oxygen atoms in total. The van der Waals surface area contributed by atoms with Gasteiger partial charge in [-0.1, -0.05) is 23.7 Å². The minimum Gasteiger partial charge on any atom is -0.424 e. The van der Waals surface area contributed by atoms with Gasteiger partial charge in [-0.05, 0) is 44.2 Å². The van der Waals surface area contributed by atoms with E-state index in [-0.39, 0.29) is 11.9 Å². The molecule has 1 saturated heterocycles. The third-order valence-corrected chi connectivity index (χ3v) is 6.96. The predicted octanol–water partition coefficient (Wildman–Crippen LogP) is 4.34. The molecular formula is C28H31ClN6O4. The van der Waals surface area contributed by atoms with E-state index in [1.54, 1.807) is 31.5 Å². The predicted molar refractivity (Wildman–Crippen MR) is 150 cm³/mol. The van der Waals surface area contributed by atoms with Gasteiger partial charge in [0.2, 0.25) is 5.91 Å². The lowest BCUT2D eigenvalue weighted by molar-refractivity contribution is -0.125. The number of aromatic nitrogens is 4. The van der Waals surface area contributed by atoms with Crippen LogP contribution in [0.1, 0.15) is 19.5 Å². The molecule has 1 aliphatic rings. The summed E-state index contributed by atoms with van der Waals surface area (Å²) >= 11 is 6.59. The zero-order chi connectivity index (χ0) is 27.4. The summed E-state index contributed by atoms with van der Waals surface area (Å²) in [4.78, 5) is 31.6. The van der Waals surface area contributed by atoms with Crippen LogP contribution < -0.4 is 15.0 Å². The van der Waals surface area contributed by atoms with E-state index in [9.17, 15) is 4.79 Å². The third-order valence-electron chi connectivity index (χ3n) is 6.67. The molecule has 0 unspecified atom stereocenters. The number of nitrogens with zero attached hydrogens (tertiary/aromatic N) is 4. The van der Waals surface area contributed by atoms with Gasteiger partial charge in [0, 0.05) is 38.0 Å². The van der Waals surface area contributed by atoms with E-state index >= 15 is 0 Å². The molecule has 0 saturated carbocycles. The summed E-state index contributed by atoms with van der Waals surface area (Å²) in [6.07, 6.45) is 1.56. The molecular weight excluding hydrogens is 520 g/mol. The molecule has 2 N–H and O–H groups in total. The number of rotatable bonds is 9. The Morgan fingerprint density at radius 3 is 2.62 bits per heavy atom. The van der Waals surface area contributed by atoms with Crippen LogP contribution in [0, 0.1) is 0 Å². The van der Waals surface area contributed by atoms with E-state index in [1.807, 2.05) is 26.0 Å². The molecule has 0 bridgehead atoms. The second-order valence-corrected chi connectivity index (χ2v) is 10.1. The maximum absolute atomic E-state index is 12.6. The fourth-order valence-corrected chi connectivity index (χ4v) is 4.58. The molecule has 0 atom stereocenters. The van der Waals surface area contributed by atoms with Crippen molar-refractivity contribution in [2.45, 2.75) is 19.3 Å². The second kappa shape index (κ2) is 11.6. The number of fused-ring (bicyclic) bond motifs is 1. The van der Waals surface area contributed by atoms with Gasteiger partial charge < -0.3 is 29.4 Å². The number of morpholine rings is 1. The number of anilines is 1. The number of ether oxygens (including phenoxy) is 3. The van der Waals surface area contributed by atoms with Crippen LogP contribution in [-0.2, 0) is 19.7 Å². The molecule has 204 valence electrons. The number of nitrogens with one attached hydrogen (secondary N) is 2. The van der Waals surface area contributed by atoms with Crippen molar-refractivity contribution in [2.24, 2.45) is 0 Å². The molecule has 39 heavy (non-hydrogen) atoms. The van der Waals surface area contributed by atoms with Crippen molar-refractivity contribution in [2.75, 3.05) is 51.5 Å². The normalized spacial score (nSPS) is 14.0. The Hall–Kier alpha value is -3.73. The minimum absolute atomic E-state index is 0.132. The van der Waals surface area contributed by atoms with Gasteiger partial charge in [-0.2, -0.15) is 4.98 Å². The molecule has 0 spiro atoms. The third kappa shape index (κ3) is 5.98. The highest BCUT2D eigenvalue weighted by Gasteiger charge is 2.31. The van der Waals surface area contributed by atoms with E-state index in [0.717, 1.165) is 37.6 Å². The molecule has 1 amide bonds. The van der Waals surface area contributed by atoms with E-state index < -0.39 is 5.41 Å². The van der Waals surface area contributed by atoms with Crippen LogP contribution in [0.3, 0.4) is 0 Å². The monoisotopic (exact) mass is 550 g/mol. The number of imidazole rings is 1. The first-order valence-electron chi connectivity index (χ1n) is 12.8. The fraction of sp³-hybridized carbons (Fsp3) is 0.357. The zero-order valence-corrected chi connectivity index (χ0v) is 22.9. The number of hydrogen-bond acceptors (Lipinski definition) is 8. The van der Waals surface area contributed by atoms with Gasteiger partial charge in [-0.15, -0.1) is 0 Å². The lowest BCUT2D eigenvalue weighted by Gasteiger charge is -2.28. The van der Waals surface area contributed by atoms with Crippen LogP contribution in [0.5, 0.6) is 11.8 Å². The molecule has 4 aromatic rings. The van der Waals surface area contributed by atoms with Crippen molar-refractivity contribution in [3.63, 3.8) is 0 Å². The Balaban J connectivity index is 1.30. The van der Waals surface area contributed by atoms with Gasteiger partial charge in [0.15, 0.2) is 5.65 Å². The first-order chi connectivity index (χ1) is 18.8. The molecule has 3 aromatic heterocycles. The summed E-state index contributed by atoms with van der Waals surface area (Å²) in [6, 6.07) is 13.7. The molecule has 0 aliphatic carbocycles. The quantitative estimate of drug-likeness (QED) is 0.296. The van der Waals surface area contributed by atoms with Crippen molar-refractivity contribution in [3.8, 4) is 23.0 Å². The number of halogens is 1. The van der Waals surface area contributed by atoms with E-state index in [2.05, 4.69) is 42.3 Å². The summed E-state index contributed by atoms with van der Waals surface area (Å²) in [5.41, 5.74) is 3.63. The first-order valence-corrected chi connectivity index (χ1v) is 13.1. The first kappa shape index (κ1) is 26.9. The average molecular weight is 551 g/mol. The summed E-state index contributed by atoms with van der Waals surface area (Å²) < 4.78 is 16.3. The van der Waals surface area contributed by atoms with E-state index in [0.29, 0.717) is 46.5 Å². The number of H-pyrrole nitrogens is 1.